The smallest absolute Gasteiger partial charge is 0.452 e. The maximum Gasteiger partial charge on any atom is 0.452 e. The summed E-state index contributed by atoms with van der Waals surface area (Å²) in [6.45, 7) is 0. The van der Waals surface area contributed by atoms with Crippen LogP contribution in [0.3, 0.4) is 0 Å². The summed E-state index contributed by atoms with van der Waals surface area (Å²) < 4.78 is 4.25. The van der Waals surface area contributed by atoms with E-state index < -0.39 is 6.09 Å². The van der Waals surface area contributed by atoms with Gasteiger partial charge < -0.3 is 9.84 Å². The number of carbonyl (C=O) groups excluding carboxylic acids is 1. The van der Waals surface area contributed by atoms with Gasteiger partial charge in [0.05, 0.1) is 12.8 Å². The van der Waals surface area contributed by atoms with Gasteiger partial charge in [0.15, 0.2) is 0 Å². The van der Waals surface area contributed by atoms with Crippen molar-refractivity contribution in [2.45, 2.75) is 0 Å². The average molecular weight is 180 g/mol. The highest BCUT2D eigenvalue weighted by Crippen LogP contribution is 2.16. The van der Waals surface area contributed by atoms with Crippen molar-refractivity contribution in [3.8, 4) is 5.75 Å². The molecule has 0 bridgehead atoms. The van der Waals surface area contributed by atoms with Gasteiger partial charge in [-0.3, -0.25) is 0 Å². The minimum absolute atomic E-state index is 0.136. The van der Waals surface area contributed by atoms with Crippen LogP contribution in [0.1, 0.15) is 0 Å². The van der Waals surface area contributed by atoms with E-state index in [-0.39, 0.29) is 5.75 Å². The molecular weight excluding hydrogens is 172 g/mol. The fourth-order valence-electron chi connectivity index (χ4n) is 0.659. The first-order chi connectivity index (χ1) is 6.22. The quantitative estimate of drug-likeness (QED) is 0.673. The number of nitrogens with zero attached hydrogens (tertiary/aromatic N) is 2. The van der Waals surface area contributed by atoms with Crippen LogP contribution in [0.2, 0.25) is 0 Å². The second-order valence-electron chi connectivity index (χ2n) is 2.19. The van der Waals surface area contributed by atoms with E-state index in [2.05, 4.69) is 15.0 Å². The van der Waals surface area contributed by atoms with Crippen LogP contribution in [-0.4, -0.2) is 18.3 Å². The lowest BCUT2D eigenvalue weighted by Gasteiger charge is -1.92. The summed E-state index contributed by atoms with van der Waals surface area (Å²) in [6.07, 6.45) is -0.756. The first kappa shape index (κ1) is 9.18. The number of hydrogen-bond acceptors (Lipinski definition) is 4. The summed E-state index contributed by atoms with van der Waals surface area (Å²) in [6, 6.07) is 5.96. The molecule has 0 atom stereocenters. The summed E-state index contributed by atoms with van der Waals surface area (Å²) in [7, 11) is 1.22. The predicted molar refractivity (Wildman–Crippen MR) is 45.0 cm³/mol. The van der Waals surface area contributed by atoms with Gasteiger partial charge in [-0.15, -0.1) is 5.11 Å². The Morgan fingerprint density at radius 1 is 1.38 bits per heavy atom. The molecular formula is C8H8N2O3. The number of phenolic OH excluding ortho intramolecular Hbond substituents is 1. The van der Waals surface area contributed by atoms with Gasteiger partial charge >= 0.3 is 6.09 Å². The van der Waals surface area contributed by atoms with Crippen LogP contribution < -0.4 is 0 Å². The highest BCUT2D eigenvalue weighted by atomic mass is 16.5. The van der Waals surface area contributed by atoms with Crippen molar-refractivity contribution in [1.82, 2.24) is 0 Å². The van der Waals surface area contributed by atoms with E-state index in [4.69, 9.17) is 5.11 Å². The topological polar surface area (TPSA) is 71.2 Å². The molecule has 0 unspecified atom stereocenters. The number of hydrogen-bond donors (Lipinski definition) is 1. The zero-order valence-corrected chi connectivity index (χ0v) is 6.97. The van der Waals surface area contributed by atoms with Crippen LogP contribution in [0.15, 0.2) is 34.5 Å². The normalized spacial score (nSPS) is 10.2. The van der Waals surface area contributed by atoms with Crippen molar-refractivity contribution in [1.29, 1.82) is 0 Å². The molecule has 0 radical (unpaired) electrons. The Bertz CT molecular complexity index is 319. The number of benzene rings is 1. The molecule has 1 N–H and O–H groups in total. The minimum atomic E-state index is -0.756. The van der Waals surface area contributed by atoms with Gasteiger partial charge in [0.25, 0.3) is 0 Å². The summed E-state index contributed by atoms with van der Waals surface area (Å²) in [5.41, 5.74) is 0.475. The Kier molecular flexibility index (Phi) is 2.97. The van der Waals surface area contributed by atoms with Crippen molar-refractivity contribution < 1.29 is 14.6 Å². The molecule has 0 aromatic heterocycles. The van der Waals surface area contributed by atoms with Crippen molar-refractivity contribution in [2.24, 2.45) is 10.2 Å². The van der Waals surface area contributed by atoms with Gasteiger partial charge in [-0.05, 0) is 24.3 Å². The van der Waals surface area contributed by atoms with E-state index in [0.29, 0.717) is 5.69 Å². The van der Waals surface area contributed by atoms with E-state index in [1.165, 1.54) is 31.4 Å². The third-order valence-corrected chi connectivity index (χ3v) is 1.27. The molecule has 0 heterocycles. The first-order valence-corrected chi connectivity index (χ1v) is 3.51. The van der Waals surface area contributed by atoms with Crippen LogP contribution in [0.4, 0.5) is 10.5 Å². The van der Waals surface area contributed by atoms with E-state index in [0.717, 1.165) is 0 Å². The Labute approximate surface area is 74.7 Å². The zero-order valence-electron chi connectivity index (χ0n) is 6.97. The molecule has 0 fully saturated rings. The molecule has 0 spiro atoms. The van der Waals surface area contributed by atoms with Crippen LogP contribution in [0, 0.1) is 0 Å². The van der Waals surface area contributed by atoms with Crippen molar-refractivity contribution in [3.63, 3.8) is 0 Å². The molecule has 1 aromatic carbocycles. The second kappa shape index (κ2) is 4.20. The maximum absolute atomic E-state index is 10.5. The SMILES string of the molecule is COC(=O)N=Nc1ccc(O)cc1. The predicted octanol–water partition coefficient (Wildman–Crippen LogP) is 2.24. The van der Waals surface area contributed by atoms with Crippen LogP contribution >= 0.6 is 0 Å². The average Bonchev–Trinajstić information content (AvgIpc) is 2.16. The third-order valence-electron chi connectivity index (χ3n) is 1.27. The number of ether oxygens (including phenoxy) is 1. The summed E-state index contributed by atoms with van der Waals surface area (Å²) in [5, 5.41) is 15.7. The lowest BCUT2D eigenvalue weighted by molar-refractivity contribution is 0.181. The zero-order chi connectivity index (χ0) is 9.68. The van der Waals surface area contributed by atoms with Gasteiger partial charge in [-0.1, -0.05) is 5.11 Å². The van der Waals surface area contributed by atoms with Gasteiger partial charge in [-0.2, -0.15) is 0 Å². The molecule has 0 aliphatic rings. The van der Waals surface area contributed by atoms with Gasteiger partial charge in [0, 0.05) is 0 Å². The summed E-state index contributed by atoms with van der Waals surface area (Å²) in [5.74, 6) is 0.136. The highest BCUT2D eigenvalue weighted by molar-refractivity contribution is 5.67. The van der Waals surface area contributed by atoms with Gasteiger partial charge in [0.2, 0.25) is 0 Å². The molecule has 1 rings (SSSR count). The van der Waals surface area contributed by atoms with E-state index in [1.807, 2.05) is 0 Å². The fourth-order valence-corrected chi connectivity index (χ4v) is 0.659. The Hall–Kier alpha value is -1.91. The van der Waals surface area contributed by atoms with Crippen molar-refractivity contribution in [2.75, 3.05) is 7.11 Å². The standard InChI is InChI=1S/C8H8N2O3/c1-13-8(12)10-9-6-2-4-7(11)5-3-6/h2-5,11H,1H3. The molecule has 1 aromatic rings. The van der Waals surface area contributed by atoms with E-state index in [1.54, 1.807) is 0 Å². The number of rotatable bonds is 1. The Morgan fingerprint density at radius 3 is 2.54 bits per heavy atom. The van der Waals surface area contributed by atoms with Crippen LogP contribution in [0.25, 0.3) is 0 Å². The van der Waals surface area contributed by atoms with E-state index in [9.17, 15) is 4.79 Å². The molecule has 0 aliphatic carbocycles. The highest BCUT2D eigenvalue weighted by Gasteiger charge is 1.94. The number of aromatic hydroxyl groups is 1. The summed E-state index contributed by atoms with van der Waals surface area (Å²) >= 11 is 0. The molecule has 13 heavy (non-hydrogen) atoms. The molecule has 0 saturated heterocycles. The molecule has 5 nitrogen and oxygen atoms in total. The molecule has 5 heteroatoms. The molecule has 0 saturated carbocycles. The van der Waals surface area contributed by atoms with Crippen molar-refractivity contribution in [3.05, 3.63) is 24.3 Å². The number of phenols is 1. The van der Waals surface area contributed by atoms with Crippen LogP contribution in [-0.2, 0) is 4.74 Å². The molecule has 1 amide bonds. The van der Waals surface area contributed by atoms with Crippen LogP contribution in [0.5, 0.6) is 5.75 Å². The number of carbonyl (C=O) groups is 1. The van der Waals surface area contributed by atoms with Crippen molar-refractivity contribution >= 4 is 11.8 Å². The summed E-state index contributed by atoms with van der Waals surface area (Å²) in [4.78, 5) is 10.5. The Balaban J connectivity index is 2.69. The largest absolute Gasteiger partial charge is 0.508 e. The molecule has 68 valence electrons. The maximum atomic E-state index is 10.5. The first-order valence-electron chi connectivity index (χ1n) is 3.51. The number of methoxy groups -OCH3 is 1. The lowest BCUT2D eigenvalue weighted by atomic mass is 10.3. The number of azo groups is 1. The van der Waals surface area contributed by atoms with Gasteiger partial charge in [0.1, 0.15) is 5.75 Å². The van der Waals surface area contributed by atoms with E-state index >= 15 is 0 Å². The molecule has 0 aliphatic heterocycles. The fraction of sp³-hybridized carbons (Fsp3) is 0.125. The third kappa shape index (κ3) is 2.90. The van der Waals surface area contributed by atoms with Gasteiger partial charge in [-0.25, -0.2) is 4.79 Å². The number of amides is 1. The monoisotopic (exact) mass is 180 g/mol. The Morgan fingerprint density at radius 2 is 2.00 bits per heavy atom. The minimum Gasteiger partial charge on any atom is -0.508 e. The second-order valence-corrected chi connectivity index (χ2v) is 2.19. The lowest BCUT2D eigenvalue weighted by Crippen LogP contribution is -1.89.